The van der Waals surface area contributed by atoms with E-state index >= 15 is 0 Å². The number of benzene rings is 1. The van der Waals surface area contributed by atoms with E-state index in [1.54, 1.807) is 0 Å². The highest BCUT2D eigenvalue weighted by Gasteiger charge is 2.38. The van der Waals surface area contributed by atoms with Crippen molar-refractivity contribution >= 4 is 11.4 Å². The maximum atomic E-state index is 3.72. The molecule has 2 bridgehead atoms. The van der Waals surface area contributed by atoms with Crippen molar-refractivity contribution in [2.75, 3.05) is 31.4 Å². The predicted molar refractivity (Wildman–Crippen MR) is 82.0 cm³/mol. The van der Waals surface area contributed by atoms with Gasteiger partial charge in [-0.15, -0.1) is 0 Å². The fraction of sp³-hybridized carbons (Fsp3) is 0.625. The summed E-state index contributed by atoms with van der Waals surface area (Å²) in [4.78, 5) is 4.73. The van der Waals surface area contributed by atoms with Gasteiger partial charge >= 0.3 is 0 Å². The van der Waals surface area contributed by atoms with Gasteiger partial charge in [-0.2, -0.15) is 0 Å². The smallest absolute Gasteiger partial charge is 0.0362 e. The van der Waals surface area contributed by atoms with Crippen molar-refractivity contribution in [3.05, 3.63) is 24.3 Å². The second-order valence-electron chi connectivity index (χ2n) is 6.30. The van der Waals surface area contributed by atoms with Crippen LogP contribution in [0.1, 0.15) is 25.7 Å². The summed E-state index contributed by atoms with van der Waals surface area (Å²) < 4.78 is 0. The van der Waals surface area contributed by atoms with E-state index < -0.39 is 0 Å². The SMILES string of the molecule is CN(C)c1ccc(NC2CC3CCC(C2)N3C)cc1. The predicted octanol–water partition coefficient (Wildman–Crippen LogP) is 2.79. The van der Waals surface area contributed by atoms with Crippen LogP contribution in [0, 0.1) is 0 Å². The minimum atomic E-state index is 0.652. The lowest BCUT2D eigenvalue weighted by Gasteiger charge is -2.37. The molecule has 0 aromatic heterocycles. The molecular formula is C16H25N3. The van der Waals surface area contributed by atoms with Crippen LogP contribution in [0.3, 0.4) is 0 Å². The Labute approximate surface area is 116 Å². The molecule has 2 atom stereocenters. The molecule has 0 saturated carbocycles. The zero-order valence-corrected chi connectivity index (χ0v) is 12.3. The van der Waals surface area contributed by atoms with Gasteiger partial charge in [-0.3, -0.25) is 0 Å². The molecule has 2 aliphatic rings. The molecule has 0 amide bonds. The molecular weight excluding hydrogens is 234 g/mol. The molecule has 3 heteroatoms. The first kappa shape index (κ1) is 12.8. The second-order valence-corrected chi connectivity index (χ2v) is 6.30. The topological polar surface area (TPSA) is 18.5 Å². The van der Waals surface area contributed by atoms with Crippen molar-refractivity contribution < 1.29 is 0 Å². The van der Waals surface area contributed by atoms with E-state index in [2.05, 4.69) is 60.5 Å². The Morgan fingerprint density at radius 1 is 1.05 bits per heavy atom. The molecule has 1 aromatic rings. The minimum absolute atomic E-state index is 0.652. The summed E-state index contributed by atoms with van der Waals surface area (Å²) in [6.07, 6.45) is 5.36. The first-order chi connectivity index (χ1) is 9.13. The molecule has 2 unspecified atom stereocenters. The van der Waals surface area contributed by atoms with Gasteiger partial charge < -0.3 is 15.1 Å². The van der Waals surface area contributed by atoms with E-state index in [-0.39, 0.29) is 0 Å². The van der Waals surface area contributed by atoms with Gasteiger partial charge in [-0.1, -0.05) is 0 Å². The maximum Gasteiger partial charge on any atom is 0.0362 e. The quantitative estimate of drug-likeness (QED) is 0.900. The molecule has 19 heavy (non-hydrogen) atoms. The summed E-state index contributed by atoms with van der Waals surface area (Å²) in [7, 11) is 6.46. The maximum absolute atomic E-state index is 3.72. The van der Waals surface area contributed by atoms with Gasteiger partial charge in [-0.05, 0) is 57.0 Å². The van der Waals surface area contributed by atoms with E-state index in [1.165, 1.54) is 37.1 Å². The lowest BCUT2D eigenvalue weighted by Crippen LogP contribution is -2.44. The Hall–Kier alpha value is -1.22. The molecule has 2 saturated heterocycles. The Morgan fingerprint density at radius 3 is 2.16 bits per heavy atom. The lowest BCUT2D eigenvalue weighted by atomic mass is 9.98. The minimum Gasteiger partial charge on any atom is -0.382 e. The van der Waals surface area contributed by atoms with E-state index in [0.717, 1.165) is 12.1 Å². The van der Waals surface area contributed by atoms with Gasteiger partial charge in [0.15, 0.2) is 0 Å². The molecule has 1 N–H and O–H groups in total. The van der Waals surface area contributed by atoms with Gasteiger partial charge in [0.25, 0.3) is 0 Å². The van der Waals surface area contributed by atoms with Gasteiger partial charge in [0.1, 0.15) is 0 Å². The van der Waals surface area contributed by atoms with Crippen LogP contribution in [0.25, 0.3) is 0 Å². The first-order valence-corrected chi connectivity index (χ1v) is 7.39. The van der Waals surface area contributed by atoms with Crippen LogP contribution in [0.15, 0.2) is 24.3 Å². The largest absolute Gasteiger partial charge is 0.382 e. The molecule has 1 aromatic carbocycles. The van der Waals surface area contributed by atoms with Crippen molar-refractivity contribution in [2.24, 2.45) is 0 Å². The fourth-order valence-electron chi connectivity index (χ4n) is 3.62. The van der Waals surface area contributed by atoms with Crippen molar-refractivity contribution in [3.63, 3.8) is 0 Å². The van der Waals surface area contributed by atoms with Crippen molar-refractivity contribution in [2.45, 2.75) is 43.8 Å². The second kappa shape index (κ2) is 5.04. The Morgan fingerprint density at radius 2 is 1.63 bits per heavy atom. The van der Waals surface area contributed by atoms with Gasteiger partial charge in [0.05, 0.1) is 0 Å². The number of piperidine rings is 1. The highest BCUT2D eigenvalue weighted by atomic mass is 15.2. The number of fused-ring (bicyclic) bond motifs is 2. The van der Waals surface area contributed by atoms with Gasteiger partial charge in [0, 0.05) is 43.6 Å². The van der Waals surface area contributed by atoms with Crippen LogP contribution in [-0.4, -0.2) is 44.2 Å². The van der Waals surface area contributed by atoms with Gasteiger partial charge in [-0.25, -0.2) is 0 Å². The molecule has 2 heterocycles. The number of hydrogen-bond acceptors (Lipinski definition) is 3. The summed E-state index contributed by atoms with van der Waals surface area (Å²) in [5, 5.41) is 3.72. The highest BCUT2D eigenvalue weighted by Crippen LogP contribution is 2.35. The third-order valence-electron chi connectivity index (χ3n) is 4.85. The van der Waals surface area contributed by atoms with E-state index in [4.69, 9.17) is 0 Å². The zero-order chi connectivity index (χ0) is 13.4. The standard InChI is InChI=1S/C16H25N3/c1-18(2)14-6-4-12(5-7-14)17-13-10-15-8-9-16(11-13)19(15)3/h4-7,13,15-17H,8-11H2,1-3H3. The van der Waals surface area contributed by atoms with Crippen LogP contribution in [-0.2, 0) is 0 Å². The van der Waals surface area contributed by atoms with Crippen molar-refractivity contribution in [3.8, 4) is 0 Å². The third kappa shape index (κ3) is 2.57. The number of hydrogen-bond donors (Lipinski definition) is 1. The van der Waals surface area contributed by atoms with Crippen LogP contribution in [0.5, 0.6) is 0 Å². The number of nitrogens with zero attached hydrogens (tertiary/aromatic N) is 2. The van der Waals surface area contributed by atoms with Crippen molar-refractivity contribution in [1.29, 1.82) is 0 Å². The monoisotopic (exact) mass is 259 g/mol. The number of rotatable bonds is 3. The summed E-state index contributed by atoms with van der Waals surface area (Å²) in [6.45, 7) is 0. The van der Waals surface area contributed by atoms with Gasteiger partial charge in [0.2, 0.25) is 0 Å². The van der Waals surface area contributed by atoms with Crippen LogP contribution in [0.4, 0.5) is 11.4 Å². The average molecular weight is 259 g/mol. The van der Waals surface area contributed by atoms with E-state index in [9.17, 15) is 0 Å². The molecule has 3 rings (SSSR count). The molecule has 2 fully saturated rings. The van der Waals surface area contributed by atoms with Crippen LogP contribution in [0.2, 0.25) is 0 Å². The molecule has 0 radical (unpaired) electrons. The highest BCUT2D eigenvalue weighted by molar-refractivity contribution is 5.54. The Balaban J connectivity index is 1.63. The molecule has 104 valence electrons. The molecule has 0 spiro atoms. The average Bonchev–Trinajstić information content (AvgIpc) is 2.63. The van der Waals surface area contributed by atoms with Crippen molar-refractivity contribution in [1.82, 2.24) is 4.90 Å². The third-order valence-corrected chi connectivity index (χ3v) is 4.85. The van der Waals surface area contributed by atoms with E-state index in [1.807, 2.05) is 0 Å². The fourth-order valence-corrected chi connectivity index (χ4v) is 3.62. The van der Waals surface area contributed by atoms with Crippen LogP contribution < -0.4 is 10.2 Å². The summed E-state index contributed by atoms with van der Waals surface area (Å²) in [5.74, 6) is 0. The Bertz CT molecular complexity index is 412. The van der Waals surface area contributed by atoms with E-state index in [0.29, 0.717) is 6.04 Å². The van der Waals surface area contributed by atoms with Crippen LogP contribution >= 0.6 is 0 Å². The molecule has 3 nitrogen and oxygen atoms in total. The normalized spacial score (nSPS) is 30.4. The lowest BCUT2D eigenvalue weighted by molar-refractivity contribution is 0.169. The number of anilines is 2. The molecule has 2 aliphatic heterocycles. The summed E-state index contributed by atoms with van der Waals surface area (Å²) in [6, 6.07) is 11.0. The Kier molecular flexibility index (Phi) is 3.40. The first-order valence-electron chi connectivity index (χ1n) is 7.39. The summed E-state index contributed by atoms with van der Waals surface area (Å²) >= 11 is 0. The molecule has 0 aliphatic carbocycles. The number of nitrogens with one attached hydrogen (secondary N) is 1. The summed E-state index contributed by atoms with van der Waals surface area (Å²) in [5.41, 5.74) is 2.52. The zero-order valence-electron chi connectivity index (χ0n) is 12.3.